The lowest BCUT2D eigenvalue weighted by atomic mass is 10.0. The number of rotatable bonds is 54. The van der Waals surface area contributed by atoms with E-state index in [9.17, 15) is 14.7 Å². The van der Waals surface area contributed by atoms with E-state index in [1.54, 1.807) is 0 Å². The highest BCUT2D eigenvalue weighted by Crippen LogP contribution is 2.14. The maximum Gasteiger partial charge on any atom is 0.306 e. The summed E-state index contributed by atoms with van der Waals surface area (Å²) in [5.74, 6) is -0.638. The van der Waals surface area contributed by atoms with Gasteiger partial charge in [-0.25, -0.2) is 0 Å². The van der Waals surface area contributed by atoms with Gasteiger partial charge in [-0.1, -0.05) is 272 Å². The molecule has 5 nitrogen and oxygen atoms in total. The monoisotopic (exact) mass is 1070 g/mol. The second-order valence-electron chi connectivity index (χ2n) is 19.7. The van der Waals surface area contributed by atoms with Crippen LogP contribution in [0.15, 0.2) is 194 Å². The molecule has 0 spiro atoms. The van der Waals surface area contributed by atoms with Crippen molar-refractivity contribution in [2.24, 2.45) is 0 Å². The average molecular weight is 1070 g/mol. The molecule has 1 unspecified atom stereocenters. The molecule has 0 heterocycles. The lowest BCUT2D eigenvalue weighted by molar-refractivity contribution is -0.161. The summed E-state index contributed by atoms with van der Waals surface area (Å²) < 4.78 is 10.7. The van der Waals surface area contributed by atoms with Crippen LogP contribution in [-0.4, -0.2) is 36.4 Å². The first-order valence-electron chi connectivity index (χ1n) is 31.0. The Morgan fingerprint density at radius 3 is 0.769 bits per heavy atom. The smallest absolute Gasteiger partial charge is 0.306 e. The molecule has 434 valence electrons. The van der Waals surface area contributed by atoms with Crippen LogP contribution in [0.1, 0.15) is 232 Å². The van der Waals surface area contributed by atoms with Gasteiger partial charge in [0.05, 0.1) is 6.61 Å². The Labute approximate surface area is 479 Å². The van der Waals surface area contributed by atoms with Gasteiger partial charge in [0.15, 0.2) is 6.10 Å². The van der Waals surface area contributed by atoms with E-state index in [1.165, 1.54) is 51.4 Å². The molecule has 0 saturated carbocycles. The molecule has 0 aliphatic rings. The average Bonchev–Trinajstić information content (AvgIpc) is 3.44. The van der Waals surface area contributed by atoms with Gasteiger partial charge in [0, 0.05) is 12.8 Å². The van der Waals surface area contributed by atoms with Gasteiger partial charge in [0.1, 0.15) is 6.61 Å². The van der Waals surface area contributed by atoms with E-state index in [1.807, 2.05) is 0 Å². The van der Waals surface area contributed by atoms with Crippen molar-refractivity contribution in [3.63, 3.8) is 0 Å². The lowest BCUT2D eigenvalue weighted by Gasteiger charge is -2.15. The molecule has 0 fully saturated rings. The molecule has 0 aromatic heterocycles. The predicted molar refractivity (Wildman–Crippen MR) is 342 cm³/mol. The van der Waals surface area contributed by atoms with Crippen LogP contribution in [0.2, 0.25) is 0 Å². The predicted octanol–water partition coefficient (Wildman–Crippen LogP) is 21.6. The van der Waals surface area contributed by atoms with Gasteiger partial charge in [-0.3, -0.25) is 9.59 Å². The summed E-state index contributed by atoms with van der Waals surface area (Å²) in [6, 6.07) is 0. The fourth-order valence-electron chi connectivity index (χ4n) is 7.82. The number of unbranched alkanes of at least 4 members (excludes halogenated alkanes) is 14. The highest BCUT2D eigenvalue weighted by Gasteiger charge is 2.16. The van der Waals surface area contributed by atoms with Crippen molar-refractivity contribution >= 4 is 11.9 Å². The minimum absolute atomic E-state index is 0.0934. The molecule has 5 heteroatoms. The van der Waals surface area contributed by atoms with Crippen LogP contribution in [0.5, 0.6) is 0 Å². The van der Waals surface area contributed by atoms with Crippen LogP contribution in [0.25, 0.3) is 0 Å². The summed E-state index contributed by atoms with van der Waals surface area (Å²) in [7, 11) is 0. The first-order valence-corrected chi connectivity index (χ1v) is 31.0. The second kappa shape index (κ2) is 66.0. The number of aliphatic hydroxyl groups excluding tert-OH is 1. The summed E-state index contributed by atoms with van der Waals surface area (Å²) in [5.41, 5.74) is 0. The largest absolute Gasteiger partial charge is 0.462 e. The zero-order valence-electron chi connectivity index (χ0n) is 49.6. The van der Waals surface area contributed by atoms with Crippen molar-refractivity contribution in [3.05, 3.63) is 194 Å². The van der Waals surface area contributed by atoms with E-state index >= 15 is 0 Å². The van der Waals surface area contributed by atoms with Crippen LogP contribution >= 0.6 is 0 Å². The number of esters is 2. The molecule has 1 atom stereocenters. The highest BCUT2D eigenvalue weighted by atomic mass is 16.6. The van der Waals surface area contributed by atoms with E-state index in [0.29, 0.717) is 12.8 Å². The SMILES string of the molecule is CC/C=C\C/C=C\C/C=C\C/C=C\C/C=C\C/C=C\C/C=C\C/C=C\C/C=C\C/C=C\CCCCCCCCCCCCC(=O)OC(CO)COC(=O)CCCCCC/C=C\C/C=C\C/C=C\C/C=C\C/C=C\C/C=C\CC. The van der Waals surface area contributed by atoms with Gasteiger partial charge < -0.3 is 14.6 Å². The zero-order chi connectivity index (χ0) is 56.2. The van der Waals surface area contributed by atoms with Gasteiger partial charge in [-0.05, 0) is 141 Å². The van der Waals surface area contributed by atoms with Gasteiger partial charge >= 0.3 is 11.9 Å². The van der Waals surface area contributed by atoms with Gasteiger partial charge in [-0.2, -0.15) is 0 Å². The van der Waals surface area contributed by atoms with E-state index in [2.05, 4.69) is 208 Å². The molecule has 0 aliphatic heterocycles. The Bertz CT molecular complexity index is 1830. The summed E-state index contributed by atoms with van der Waals surface area (Å²) >= 11 is 0. The van der Waals surface area contributed by atoms with Crippen LogP contribution in [0.4, 0.5) is 0 Å². The van der Waals surface area contributed by atoms with E-state index in [0.717, 1.165) is 154 Å². The number of ether oxygens (including phenoxy) is 2. The highest BCUT2D eigenvalue weighted by molar-refractivity contribution is 5.70. The first kappa shape index (κ1) is 72.7. The molecule has 0 bridgehead atoms. The quantitative estimate of drug-likeness (QED) is 0.0373. The van der Waals surface area contributed by atoms with Gasteiger partial charge in [0.25, 0.3) is 0 Å². The minimum Gasteiger partial charge on any atom is -0.462 e. The normalized spacial score (nSPS) is 13.6. The Morgan fingerprint density at radius 2 is 0.513 bits per heavy atom. The number of aliphatic hydroxyl groups is 1. The van der Waals surface area contributed by atoms with Crippen molar-refractivity contribution in [1.82, 2.24) is 0 Å². The third-order valence-electron chi connectivity index (χ3n) is 12.4. The van der Waals surface area contributed by atoms with Crippen molar-refractivity contribution in [1.29, 1.82) is 0 Å². The summed E-state index contributed by atoms with van der Waals surface area (Å²) in [6.07, 6.45) is 106. The van der Waals surface area contributed by atoms with Crippen LogP contribution in [-0.2, 0) is 19.1 Å². The number of hydrogen-bond donors (Lipinski definition) is 1. The van der Waals surface area contributed by atoms with Crippen LogP contribution < -0.4 is 0 Å². The lowest BCUT2D eigenvalue weighted by Crippen LogP contribution is -2.28. The Morgan fingerprint density at radius 1 is 0.295 bits per heavy atom. The molecule has 0 rings (SSSR count). The fourth-order valence-corrected chi connectivity index (χ4v) is 7.82. The maximum absolute atomic E-state index is 12.3. The maximum atomic E-state index is 12.3. The van der Waals surface area contributed by atoms with Gasteiger partial charge in [0.2, 0.25) is 0 Å². The third kappa shape index (κ3) is 63.3. The molecule has 0 aliphatic carbocycles. The molecule has 78 heavy (non-hydrogen) atoms. The fraction of sp³-hybridized carbons (Fsp3) is 0.534. The molecule has 0 saturated heterocycles. The Kier molecular flexibility index (Phi) is 61.6. The summed E-state index contributed by atoms with van der Waals surface area (Å²) in [6.45, 7) is 3.87. The number of carbonyl (C=O) groups excluding carboxylic acids is 2. The van der Waals surface area contributed by atoms with Crippen molar-refractivity contribution < 1.29 is 24.2 Å². The molecule has 0 radical (unpaired) electrons. The number of carbonyl (C=O) groups is 2. The van der Waals surface area contributed by atoms with Crippen molar-refractivity contribution in [3.8, 4) is 0 Å². The number of allylic oxidation sites excluding steroid dienone is 32. The second-order valence-corrected chi connectivity index (χ2v) is 19.7. The molecular formula is C73H112O5. The van der Waals surface area contributed by atoms with Crippen LogP contribution in [0, 0.1) is 0 Å². The van der Waals surface area contributed by atoms with E-state index in [4.69, 9.17) is 9.47 Å². The standard InChI is InChI=1S/C73H112O5/c1-3-5-7-9-11-13-15-17-19-21-23-25-27-28-29-30-31-32-33-34-35-36-37-38-39-40-41-42-43-44-46-48-50-52-54-56-58-60-62-64-66-68-73(76)78-71(69-74)70-77-72(75)67-65-63-61-59-57-55-53-51-49-47-45-26-24-22-20-18-16-14-12-10-8-6-4-2/h5-8,11-14,17-20,23-26,28-29,31-32,34-35,37-38,40-41,43-44,47,49,53,55,71,74H,3-4,9-10,15-16,21-22,27,30,33,36,39,42,45-46,48,50-52,54,56-70H2,1-2H3/b7-5-,8-6-,13-11-,14-12-,19-17-,20-18-,25-23-,26-24-,29-28-,32-31-,35-34-,38-37-,41-40-,44-43-,49-47-,55-53-. The topological polar surface area (TPSA) is 72.8 Å². The van der Waals surface area contributed by atoms with Crippen molar-refractivity contribution in [2.75, 3.05) is 13.2 Å². The molecule has 0 amide bonds. The molecular weight excluding hydrogens is 957 g/mol. The van der Waals surface area contributed by atoms with Crippen LogP contribution in [0.3, 0.4) is 0 Å². The van der Waals surface area contributed by atoms with E-state index in [-0.39, 0.29) is 25.2 Å². The summed E-state index contributed by atoms with van der Waals surface area (Å²) in [5, 5.41) is 9.67. The minimum atomic E-state index is -0.801. The molecule has 0 aromatic rings. The van der Waals surface area contributed by atoms with Gasteiger partial charge in [-0.15, -0.1) is 0 Å². The Balaban J connectivity index is 3.63. The van der Waals surface area contributed by atoms with Crippen molar-refractivity contribution in [2.45, 2.75) is 238 Å². The summed E-state index contributed by atoms with van der Waals surface area (Å²) in [4.78, 5) is 24.6. The molecule has 0 aromatic carbocycles. The zero-order valence-corrected chi connectivity index (χ0v) is 49.6. The first-order chi connectivity index (χ1) is 38.6. The number of hydrogen-bond acceptors (Lipinski definition) is 5. The Hall–Kier alpha value is -5.26. The molecule has 1 N–H and O–H groups in total. The van der Waals surface area contributed by atoms with E-state index < -0.39 is 6.10 Å². The third-order valence-corrected chi connectivity index (χ3v) is 12.4.